The van der Waals surface area contributed by atoms with Crippen molar-refractivity contribution in [1.82, 2.24) is 14.5 Å². The van der Waals surface area contributed by atoms with Crippen LogP contribution in [0.25, 0.3) is 11.0 Å². The van der Waals surface area contributed by atoms with Crippen LogP contribution in [-0.2, 0) is 6.54 Å². The second-order valence-electron chi connectivity index (χ2n) is 5.90. The van der Waals surface area contributed by atoms with Gasteiger partial charge in [0.1, 0.15) is 17.4 Å². The van der Waals surface area contributed by atoms with Gasteiger partial charge in [0.2, 0.25) is 0 Å². The largest absolute Gasteiger partial charge is 0.326 e. The SMILES string of the molecule is CC(Cl)c1nc2c(C#N)cccc2n1CC1CCN(C)C1. The Bertz CT molecular complexity index is 698. The Labute approximate surface area is 129 Å². The molecular weight excluding hydrogens is 284 g/mol. The van der Waals surface area contributed by atoms with Gasteiger partial charge in [0, 0.05) is 13.1 Å². The lowest BCUT2D eigenvalue weighted by Crippen LogP contribution is -2.18. The molecule has 1 saturated heterocycles. The Morgan fingerprint density at radius 1 is 1.52 bits per heavy atom. The molecule has 0 saturated carbocycles. The molecule has 0 radical (unpaired) electrons. The molecule has 1 aliphatic rings. The highest BCUT2D eigenvalue weighted by Gasteiger charge is 2.24. The lowest BCUT2D eigenvalue weighted by molar-refractivity contribution is 0.377. The van der Waals surface area contributed by atoms with Crippen LogP contribution in [0.2, 0.25) is 0 Å². The second-order valence-corrected chi connectivity index (χ2v) is 6.55. The van der Waals surface area contributed by atoms with Crippen LogP contribution in [0.15, 0.2) is 18.2 Å². The molecule has 0 amide bonds. The average molecular weight is 303 g/mol. The zero-order chi connectivity index (χ0) is 15.0. The molecule has 2 atom stereocenters. The highest BCUT2D eigenvalue weighted by atomic mass is 35.5. The fraction of sp³-hybridized carbons (Fsp3) is 0.500. The maximum Gasteiger partial charge on any atom is 0.127 e. The molecule has 2 unspecified atom stereocenters. The van der Waals surface area contributed by atoms with Gasteiger partial charge in [-0.15, -0.1) is 11.6 Å². The number of rotatable bonds is 3. The minimum atomic E-state index is -0.164. The van der Waals surface area contributed by atoms with Gasteiger partial charge >= 0.3 is 0 Å². The highest BCUT2D eigenvalue weighted by molar-refractivity contribution is 6.20. The monoisotopic (exact) mass is 302 g/mol. The zero-order valence-electron chi connectivity index (χ0n) is 12.4. The van der Waals surface area contributed by atoms with E-state index in [0.29, 0.717) is 11.5 Å². The van der Waals surface area contributed by atoms with Gasteiger partial charge in [-0.05, 0) is 45.0 Å². The lowest BCUT2D eigenvalue weighted by atomic mass is 10.1. The fourth-order valence-electron chi connectivity index (χ4n) is 3.18. The summed E-state index contributed by atoms with van der Waals surface area (Å²) in [4.78, 5) is 6.99. The van der Waals surface area contributed by atoms with Crippen LogP contribution >= 0.6 is 11.6 Å². The van der Waals surface area contributed by atoms with Gasteiger partial charge in [0.05, 0.1) is 16.5 Å². The summed E-state index contributed by atoms with van der Waals surface area (Å²) in [6, 6.07) is 7.99. The van der Waals surface area contributed by atoms with Gasteiger partial charge < -0.3 is 9.47 Å². The van der Waals surface area contributed by atoms with E-state index in [4.69, 9.17) is 11.6 Å². The van der Waals surface area contributed by atoms with Crippen LogP contribution in [0.5, 0.6) is 0 Å². The van der Waals surface area contributed by atoms with Gasteiger partial charge in [-0.1, -0.05) is 6.07 Å². The molecule has 0 spiro atoms. The molecule has 110 valence electrons. The standard InChI is InChI=1S/C16H19ClN4/c1-11(17)16-19-15-13(8-18)4-3-5-14(15)21(16)10-12-6-7-20(2)9-12/h3-5,11-12H,6-7,9-10H2,1-2H3. The predicted octanol–water partition coefficient (Wildman–Crippen LogP) is 3.16. The quantitative estimate of drug-likeness (QED) is 0.818. The molecule has 21 heavy (non-hydrogen) atoms. The molecule has 1 aliphatic heterocycles. The number of halogens is 1. The van der Waals surface area contributed by atoms with Crippen LogP contribution in [0.1, 0.15) is 30.1 Å². The van der Waals surface area contributed by atoms with Crippen molar-refractivity contribution in [3.05, 3.63) is 29.6 Å². The van der Waals surface area contributed by atoms with Crippen LogP contribution in [0, 0.1) is 17.2 Å². The number of nitriles is 1. The summed E-state index contributed by atoms with van der Waals surface area (Å²) in [5, 5.41) is 9.09. The number of para-hydroxylation sites is 1. The molecule has 2 heterocycles. The minimum absolute atomic E-state index is 0.164. The first-order valence-electron chi connectivity index (χ1n) is 7.32. The number of hydrogen-bond acceptors (Lipinski definition) is 3. The van der Waals surface area contributed by atoms with Crippen molar-refractivity contribution in [3.8, 4) is 6.07 Å². The summed E-state index contributed by atoms with van der Waals surface area (Å²) in [5.74, 6) is 1.48. The summed E-state index contributed by atoms with van der Waals surface area (Å²) in [5.41, 5.74) is 2.41. The van der Waals surface area contributed by atoms with Crippen molar-refractivity contribution in [2.45, 2.75) is 25.3 Å². The topological polar surface area (TPSA) is 44.9 Å². The van der Waals surface area contributed by atoms with Crippen LogP contribution in [-0.4, -0.2) is 34.6 Å². The number of aromatic nitrogens is 2. The molecule has 1 aromatic carbocycles. The molecule has 1 fully saturated rings. The summed E-state index contributed by atoms with van der Waals surface area (Å²) in [6.07, 6.45) is 1.20. The van der Waals surface area contributed by atoms with E-state index in [1.165, 1.54) is 6.42 Å². The van der Waals surface area contributed by atoms with E-state index in [2.05, 4.69) is 27.6 Å². The van der Waals surface area contributed by atoms with Gasteiger partial charge in [-0.25, -0.2) is 4.98 Å². The molecule has 4 nitrogen and oxygen atoms in total. The fourth-order valence-corrected chi connectivity index (χ4v) is 3.35. The normalized spacial score (nSPS) is 20.8. The number of hydrogen-bond donors (Lipinski definition) is 0. The van der Waals surface area contributed by atoms with Crippen LogP contribution < -0.4 is 0 Å². The Hall–Kier alpha value is -1.57. The molecular formula is C16H19ClN4. The van der Waals surface area contributed by atoms with Crippen molar-refractivity contribution in [2.75, 3.05) is 20.1 Å². The summed E-state index contributed by atoms with van der Waals surface area (Å²) in [7, 11) is 2.16. The first kappa shape index (κ1) is 14.4. The Morgan fingerprint density at radius 2 is 2.33 bits per heavy atom. The second kappa shape index (κ2) is 5.67. The van der Waals surface area contributed by atoms with Gasteiger partial charge in [-0.3, -0.25) is 0 Å². The molecule has 5 heteroatoms. The molecule has 0 N–H and O–H groups in total. The smallest absolute Gasteiger partial charge is 0.127 e. The predicted molar refractivity (Wildman–Crippen MR) is 84.3 cm³/mol. The molecule has 1 aromatic heterocycles. The van der Waals surface area contributed by atoms with E-state index in [1.807, 2.05) is 25.1 Å². The summed E-state index contributed by atoms with van der Waals surface area (Å²) < 4.78 is 2.21. The van der Waals surface area contributed by atoms with Gasteiger partial charge in [0.15, 0.2) is 0 Å². The molecule has 0 aliphatic carbocycles. The van der Waals surface area contributed by atoms with Gasteiger partial charge in [0.25, 0.3) is 0 Å². The molecule has 0 bridgehead atoms. The summed E-state index contributed by atoms with van der Waals surface area (Å²) in [6.45, 7) is 5.11. The maximum atomic E-state index is 9.25. The number of alkyl halides is 1. The Morgan fingerprint density at radius 3 is 2.95 bits per heavy atom. The lowest BCUT2D eigenvalue weighted by Gasteiger charge is -2.15. The van der Waals surface area contributed by atoms with Gasteiger partial charge in [-0.2, -0.15) is 5.26 Å². The number of nitrogens with zero attached hydrogens (tertiary/aromatic N) is 4. The van der Waals surface area contributed by atoms with E-state index >= 15 is 0 Å². The number of fused-ring (bicyclic) bond motifs is 1. The van der Waals surface area contributed by atoms with Crippen molar-refractivity contribution in [1.29, 1.82) is 5.26 Å². The third-order valence-electron chi connectivity index (χ3n) is 4.21. The average Bonchev–Trinajstić information content (AvgIpc) is 3.03. The van der Waals surface area contributed by atoms with E-state index in [1.54, 1.807) is 0 Å². The summed E-state index contributed by atoms with van der Waals surface area (Å²) >= 11 is 6.31. The molecule has 3 rings (SSSR count). The Kier molecular flexibility index (Phi) is 3.88. The first-order valence-corrected chi connectivity index (χ1v) is 7.75. The number of likely N-dealkylation sites (tertiary alicyclic amines) is 1. The molecule has 2 aromatic rings. The third kappa shape index (κ3) is 2.64. The van der Waals surface area contributed by atoms with Crippen molar-refractivity contribution >= 4 is 22.6 Å². The van der Waals surface area contributed by atoms with Crippen molar-refractivity contribution in [3.63, 3.8) is 0 Å². The maximum absolute atomic E-state index is 9.25. The zero-order valence-corrected chi connectivity index (χ0v) is 13.1. The highest BCUT2D eigenvalue weighted by Crippen LogP contribution is 2.28. The van der Waals surface area contributed by atoms with Crippen LogP contribution in [0.3, 0.4) is 0 Å². The van der Waals surface area contributed by atoms with E-state index in [9.17, 15) is 5.26 Å². The number of imidazole rings is 1. The number of benzene rings is 1. The minimum Gasteiger partial charge on any atom is -0.326 e. The van der Waals surface area contributed by atoms with E-state index in [0.717, 1.165) is 36.5 Å². The van der Waals surface area contributed by atoms with E-state index < -0.39 is 0 Å². The third-order valence-corrected chi connectivity index (χ3v) is 4.41. The van der Waals surface area contributed by atoms with Crippen LogP contribution in [0.4, 0.5) is 0 Å². The Balaban J connectivity index is 2.07. The van der Waals surface area contributed by atoms with Crippen molar-refractivity contribution in [2.24, 2.45) is 5.92 Å². The first-order chi connectivity index (χ1) is 10.1. The van der Waals surface area contributed by atoms with E-state index in [-0.39, 0.29) is 5.38 Å². The van der Waals surface area contributed by atoms with Crippen molar-refractivity contribution < 1.29 is 0 Å².